The number of anilines is 1. The zero-order valence-corrected chi connectivity index (χ0v) is 10.5. The molecule has 0 radical (unpaired) electrons. The van der Waals surface area contributed by atoms with Crippen molar-refractivity contribution in [2.24, 2.45) is 0 Å². The van der Waals surface area contributed by atoms with Crippen LogP contribution in [0.3, 0.4) is 0 Å². The molecule has 98 valence electrons. The minimum absolute atomic E-state index is 0.0461. The standard InChI is InChI=1S/C11H8ClN3O4/c1-6-7(4-5-19-6)11(16)14-10-8(15(17)18)2-3-9(12)13-10/h2-5H,1H3,(H,13,14,16). The maximum atomic E-state index is 11.9. The van der Waals surface area contributed by atoms with Gasteiger partial charge < -0.3 is 9.73 Å². The molecule has 0 aliphatic carbocycles. The molecule has 0 unspecified atom stereocenters. The topological polar surface area (TPSA) is 98.3 Å². The van der Waals surface area contributed by atoms with Crippen molar-refractivity contribution < 1.29 is 14.1 Å². The van der Waals surface area contributed by atoms with Crippen LogP contribution in [0.25, 0.3) is 0 Å². The maximum absolute atomic E-state index is 11.9. The molecule has 0 atom stereocenters. The van der Waals surface area contributed by atoms with Crippen LogP contribution in [0.5, 0.6) is 0 Å². The Morgan fingerprint density at radius 2 is 2.21 bits per heavy atom. The Kier molecular flexibility index (Phi) is 3.48. The minimum Gasteiger partial charge on any atom is -0.469 e. The molecule has 2 aromatic heterocycles. The molecule has 0 saturated heterocycles. The third-order valence-electron chi connectivity index (χ3n) is 2.37. The zero-order valence-electron chi connectivity index (χ0n) is 9.71. The quantitative estimate of drug-likeness (QED) is 0.530. The Morgan fingerprint density at radius 1 is 1.47 bits per heavy atom. The van der Waals surface area contributed by atoms with E-state index in [2.05, 4.69) is 10.3 Å². The SMILES string of the molecule is Cc1occc1C(=O)Nc1nc(Cl)ccc1[N+](=O)[O-]. The lowest BCUT2D eigenvalue weighted by atomic mass is 10.2. The van der Waals surface area contributed by atoms with E-state index in [9.17, 15) is 14.9 Å². The second kappa shape index (κ2) is 5.07. The van der Waals surface area contributed by atoms with Crippen LogP contribution in [0.4, 0.5) is 11.5 Å². The van der Waals surface area contributed by atoms with E-state index in [0.717, 1.165) is 0 Å². The van der Waals surface area contributed by atoms with Crippen LogP contribution in [0, 0.1) is 17.0 Å². The summed E-state index contributed by atoms with van der Waals surface area (Å²) in [6, 6.07) is 3.91. The third-order valence-corrected chi connectivity index (χ3v) is 2.58. The number of amides is 1. The number of carbonyl (C=O) groups excluding carboxylic acids is 1. The van der Waals surface area contributed by atoms with Crippen LogP contribution in [0.2, 0.25) is 5.15 Å². The fourth-order valence-electron chi connectivity index (χ4n) is 1.46. The van der Waals surface area contributed by atoms with Crippen LogP contribution >= 0.6 is 11.6 Å². The van der Waals surface area contributed by atoms with Gasteiger partial charge in [-0.3, -0.25) is 14.9 Å². The number of nitrogens with one attached hydrogen (secondary N) is 1. The van der Waals surface area contributed by atoms with Crippen LogP contribution in [-0.2, 0) is 0 Å². The van der Waals surface area contributed by atoms with Gasteiger partial charge in [-0.1, -0.05) is 11.6 Å². The Balaban J connectivity index is 2.33. The number of halogens is 1. The lowest BCUT2D eigenvalue weighted by molar-refractivity contribution is -0.384. The summed E-state index contributed by atoms with van der Waals surface area (Å²) in [4.78, 5) is 25.8. The molecule has 0 saturated carbocycles. The molecule has 1 N–H and O–H groups in total. The van der Waals surface area contributed by atoms with Crippen molar-refractivity contribution in [1.82, 2.24) is 4.98 Å². The van der Waals surface area contributed by atoms with E-state index >= 15 is 0 Å². The highest BCUT2D eigenvalue weighted by Gasteiger charge is 2.20. The number of hydrogen-bond donors (Lipinski definition) is 1. The number of nitro groups is 1. The van der Waals surface area contributed by atoms with Crippen molar-refractivity contribution in [3.63, 3.8) is 0 Å². The molecule has 8 heteroatoms. The number of pyridine rings is 1. The molecular weight excluding hydrogens is 274 g/mol. The first kappa shape index (κ1) is 13.0. The summed E-state index contributed by atoms with van der Waals surface area (Å²) in [6.07, 6.45) is 1.35. The van der Waals surface area contributed by atoms with E-state index in [1.807, 2.05) is 0 Å². The van der Waals surface area contributed by atoms with E-state index in [1.54, 1.807) is 6.92 Å². The Morgan fingerprint density at radius 3 is 2.79 bits per heavy atom. The van der Waals surface area contributed by atoms with Gasteiger partial charge in [0.1, 0.15) is 10.9 Å². The first-order valence-corrected chi connectivity index (χ1v) is 5.53. The van der Waals surface area contributed by atoms with Crippen molar-refractivity contribution >= 4 is 29.0 Å². The highest BCUT2D eigenvalue weighted by atomic mass is 35.5. The van der Waals surface area contributed by atoms with E-state index in [1.165, 1.54) is 24.5 Å². The number of hydrogen-bond acceptors (Lipinski definition) is 5. The highest BCUT2D eigenvalue weighted by molar-refractivity contribution is 6.29. The van der Waals surface area contributed by atoms with Crippen LogP contribution in [-0.4, -0.2) is 15.8 Å². The fourth-order valence-corrected chi connectivity index (χ4v) is 1.61. The third kappa shape index (κ3) is 2.71. The van der Waals surface area contributed by atoms with Gasteiger partial charge in [-0.2, -0.15) is 0 Å². The van der Waals surface area contributed by atoms with Gasteiger partial charge in [-0.15, -0.1) is 0 Å². The highest BCUT2D eigenvalue weighted by Crippen LogP contribution is 2.24. The number of aryl methyl sites for hydroxylation is 1. The lowest BCUT2D eigenvalue weighted by Gasteiger charge is -2.04. The fraction of sp³-hybridized carbons (Fsp3) is 0.0909. The monoisotopic (exact) mass is 281 g/mol. The molecule has 2 aromatic rings. The summed E-state index contributed by atoms with van der Waals surface area (Å²) in [7, 11) is 0. The van der Waals surface area contributed by atoms with Gasteiger partial charge in [0.05, 0.1) is 16.7 Å². The average molecular weight is 282 g/mol. The molecule has 19 heavy (non-hydrogen) atoms. The predicted octanol–water partition coefficient (Wildman–Crippen LogP) is 2.80. The van der Waals surface area contributed by atoms with Gasteiger partial charge >= 0.3 is 5.69 Å². The average Bonchev–Trinajstić information content (AvgIpc) is 2.75. The zero-order chi connectivity index (χ0) is 14.0. The van der Waals surface area contributed by atoms with Crippen molar-refractivity contribution in [3.8, 4) is 0 Å². The van der Waals surface area contributed by atoms with Gasteiger partial charge in [-0.25, -0.2) is 4.98 Å². The van der Waals surface area contributed by atoms with Crippen molar-refractivity contribution in [2.75, 3.05) is 5.32 Å². The van der Waals surface area contributed by atoms with E-state index in [0.29, 0.717) is 5.76 Å². The molecular formula is C11H8ClN3O4. The first-order chi connectivity index (χ1) is 8.99. The lowest BCUT2D eigenvalue weighted by Crippen LogP contribution is -2.14. The first-order valence-electron chi connectivity index (χ1n) is 5.15. The molecule has 0 aromatic carbocycles. The van der Waals surface area contributed by atoms with Crippen LogP contribution in [0.15, 0.2) is 28.9 Å². The Hall–Kier alpha value is -2.41. The second-order valence-corrected chi connectivity index (χ2v) is 3.99. The summed E-state index contributed by atoms with van der Waals surface area (Å²) in [5.74, 6) is -0.352. The minimum atomic E-state index is -0.652. The summed E-state index contributed by atoms with van der Waals surface area (Å²) in [5, 5.41) is 13.2. The maximum Gasteiger partial charge on any atom is 0.311 e. The smallest absolute Gasteiger partial charge is 0.311 e. The number of rotatable bonds is 3. The molecule has 0 fully saturated rings. The molecule has 7 nitrogen and oxygen atoms in total. The molecule has 2 rings (SSSR count). The number of nitrogens with zero attached hydrogens (tertiary/aromatic N) is 2. The summed E-state index contributed by atoms with van der Waals surface area (Å²) in [6.45, 7) is 1.61. The molecule has 2 heterocycles. The summed E-state index contributed by atoms with van der Waals surface area (Å²) < 4.78 is 4.98. The number of aromatic nitrogens is 1. The molecule has 0 aliphatic rings. The van der Waals surface area contributed by atoms with E-state index in [4.69, 9.17) is 16.0 Å². The van der Waals surface area contributed by atoms with Crippen LogP contribution < -0.4 is 5.32 Å². The van der Waals surface area contributed by atoms with Crippen molar-refractivity contribution in [2.45, 2.75) is 6.92 Å². The Bertz CT molecular complexity index is 653. The molecule has 0 aliphatic heterocycles. The molecule has 1 amide bonds. The molecule has 0 spiro atoms. The largest absolute Gasteiger partial charge is 0.469 e. The van der Waals surface area contributed by atoms with Gasteiger partial charge in [0.2, 0.25) is 5.82 Å². The van der Waals surface area contributed by atoms with Crippen LogP contribution in [0.1, 0.15) is 16.1 Å². The normalized spacial score (nSPS) is 10.2. The van der Waals surface area contributed by atoms with E-state index < -0.39 is 10.8 Å². The molecule has 0 bridgehead atoms. The van der Waals surface area contributed by atoms with Crippen molar-refractivity contribution in [1.29, 1.82) is 0 Å². The number of carbonyl (C=O) groups is 1. The summed E-state index contributed by atoms with van der Waals surface area (Å²) in [5.41, 5.74) is -0.0602. The predicted molar refractivity (Wildman–Crippen MR) is 67.3 cm³/mol. The van der Waals surface area contributed by atoms with Gasteiger partial charge in [0.25, 0.3) is 5.91 Å². The van der Waals surface area contributed by atoms with E-state index in [-0.39, 0.29) is 22.2 Å². The van der Waals surface area contributed by atoms with Gasteiger partial charge in [0.15, 0.2) is 0 Å². The Labute approximate surface area is 112 Å². The van der Waals surface area contributed by atoms with Gasteiger partial charge in [0, 0.05) is 6.07 Å². The number of furan rings is 1. The second-order valence-electron chi connectivity index (χ2n) is 3.60. The van der Waals surface area contributed by atoms with Gasteiger partial charge in [-0.05, 0) is 19.1 Å². The van der Waals surface area contributed by atoms with Crippen molar-refractivity contribution in [3.05, 3.63) is 51.1 Å². The summed E-state index contributed by atoms with van der Waals surface area (Å²) >= 11 is 5.66.